The number of hydrogen-bond donors (Lipinski definition) is 0. The van der Waals surface area contributed by atoms with E-state index in [4.69, 9.17) is 4.74 Å². The summed E-state index contributed by atoms with van der Waals surface area (Å²) in [7, 11) is -3.28. The predicted octanol–water partition coefficient (Wildman–Crippen LogP) is 1.37. The summed E-state index contributed by atoms with van der Waals surface area (Å²) in [6.45, 7) is 0.302. The van der Waals surface area contributed by atoms with Crippen LogP contribution < -0.4 is 4.74 Å². The molecule has 0 amide bonds. The maximum atomic E-state index is 11.5. The van der Waals surface area contributed by atoms with E-state index in [-0.39, 0.29) is 4.90 Å². The van der Waals surface area contributed by atoms with Gasteiger partial charge < -0.3 is 4.74 Å². The summed E-state index contributed by atoms with van der Waals surface area (Å²) in [5, 5.41) is 1.18. The molecular weight excluding hydrogens is 188 g/mol. The summed E-state index contributed by atoms with van der Waals surface area (Å²) in [6.07, 6.45) is 1.50. The second-order valence-electron chi connectivity index (χ2n) is 2.67. The van der Waals surface area contributed by atoms with Crippen LogP contribution in [-0.2, 0) is 9.84 Å². The Morgan fingerprint density at radius 3 is 2.85 bits per heavy atom. The van der Waals surface area contributed by atoms with Crippen molar-refractivity contribution >= 4 is 9.84 Å². The summed E-state index contributed by atoms with van der Waals surface area (Å²) in [5.41, 5.74) is 0. The molecule has 0 saturated carbocycles. The van der Waals surface area contributed by atoms with Gasteiger partial charge in [-0.05, 0) is 18.2 Å². The largest absolute Gasteiger partial charge is 0.488 e. The van der Waals surface area contributed by atoms with Gasteiger partial charge in [0.15, 0.2) is 0 Å². The molecule has 1 aromatic carbocycles. The smallest absolute Gasteiger partial charge is 0.203 e. The lowest BCUT2D eigenvalue weighted by atomic mass is 10.3. The van der Waals surface area contributed by atoms with Gasteiger partial charge in [-0.15, -0.1) is 0 Å². The highest BCUT2D eigenvalue weighted by atomic mass is 32.2. The summed E-state index contributed by atoms with van der Waals surface area (Å²) < 4.78 is 28.3. The van der Waals surface area contributed by atoms with Crippen molar-refractivity contribution in [2.24, 2.45) is 0 Å². The average molecular weight is 196 g/mol. The fourth-order valence-corrected chi connectivity index (χ4v) is 2.34. The van der Waals surface area contributed by atoms with Crippen molar-refractivity contribution < 1.29 is 13.2 Å². The molecule has 4 heteroatoms. The normalized spacial score (nSPS) is 18.5. The number of sulfone groups is 1. The molecule has 0 aromatic heterocycles. The molecule has 0 saturated heterocycles. The number of para-hydroxylation sites is 1. The van der Waals surface area contributed by atoms with Crippen LogP contribution >= 0.6 is 0 Å². The van der Waals surface area contributed by atoms with Crippen LogP contribution in [0.2, 0.25) is 0 Å². The van der Waals surface area contributed by atoms with Gasteiger partial charge in [0.05, 0.1) is 0 Å². The molecule has 3 nitrogen and oxygen atoms in total. The lowest BCUT2D eigenvalue weighted by Crippen LogP contribution is -1.97. The maximum absolute atomic E-state index is 11.5. The van der Waals surface area contributed by atoms with Crippen LogP contribution in [-0.4, -0.2) is 15.0 Å². The fraction of sp³-hybridized carbons (Fsp3) is 0.111. The van der Waals surface area contributed by atoms with Crippen LogP contribution in [0.5, 0.6) is 5.75 Å². The summed E-state index contributed by atoms with van der Waals surface area (Å²) in [5.74, 6) is 0.424. The standard InChI is InChI=1S/C9H8O3S/c10-13(11)7-3-6-12-8-4-1-2-5-9(8)13/h1-5,7H,6H2. The Morgan fingerprint density at radius 1 is 1.23 bits per heavy atom. The summed E-state index contributed by atoms with van der Waals surface area (Å²) in [6, 6.07) is 6.62. The zero-order valence-corrected chi connectivity index (χ0v) is 7.62. The van der Waals surface area contributed by atoms with E-state index in [1.165, 1.54) is 11.5 Å². The number of ether oxygens (including phenoxy) is 1. The highest BCUT2D eigenvalue weighted by Crippen LogP contribution is 2.26. The Hall–Kier alpha value is -1.29. The topological polar surface area (TPSA) is 43.4 Å². The van der Waals surface area contributed by atoms with Gasteiger partial charge >= 0.3 is 0 Å². The molecule has 2 rings (SSSR count). The van der Waals surface area contributed by atoms with E-state index in [0.29, 0.717) is 12.4 Å². The second kappa shape index (κ2) is 2.88. The molecule has 0 N–H and O–H groups in total. The van der Waals surface area contributed by atoms with Crippen LogP contribution in [0.1, 0.15) is 0 Å². The van der Waals surface area contributed by atoms with Gasteiger partial charge in [0.25, 0.3) is 0 Å². The van der Waals surface area contributed by atoms with Gasteiger partial charge in [0.1, 0.15) is 17.3 Å². The summed E-state index contributed by atoms with van der Waals surface area (Å²) >= 11 is 0. The first kappa shape index (κ1) is 8.31. The van der Waals surface area contributed by atoms with Crippen LogP contribution in [0, 0.1) is 0 Å². The SMILES string of the molecule is O=S1(=O)C=CCOc2ccccc21. The molecule has 13 heavy (non-hydrogen) atoms. The van der Waals surface area contributed by atoms with Crippen molar-refractivity contribution in [1.82, 2.24) is 0 Å². The molecular formula is C9H8O3S. The summed E-state index contributed by atoms with van der Waals surface area (Å²) in [4.78, 5) is 0.240. The van der Waals surface area contributed by atoms with Crippen molar-refractivity contribution in [3.05, 3.63) is 35.7 Å². The Balaban J connectivity index is 2.70. The minimum atomic E-state index is -3.28. The van der Waals surface area contributed by atoms with E-state index < -0.39 is 9.84 Å². The third-order valence-corrected chi connectivity index (χ3v) is 3.27. The molecule has 0 unspecified atom stereocenters. The third kappa shape index (κ3) is 1.45. The number of hydrogen-bond acceptors (Lipinski definition) is 3. The van der Waals surface area contributed by atoms with Gasteiger partial charge in [0.2, 0.25) is 9.84 Å². The number of benzene rings is 1. The van der Waals surface area contributed by atoms with Crippen LogP contribution in [0.4, 0.5) is 0 Å². The Kier molecular flexibility index (Phi) is 1.84. The molecule has 0 spiro atoms. The van der Waals surface area contributed by atoms with E-state index in [0.717, 1.165) is 0 Å². The van der Waals surface area contributed by atoms with Gasteiger partial charge in [-0.3, -0.25) is 0 Å². The lowest BCUT2D eigenvalue weighted by molar-refractivity contribution is 0.355. The fourth-order valence-electron chi connectivity index (χ4n) is 1.18. The minimum absolute atomic E-state index is 0.240. The van der Waals surface area contributed by atoms with E-state index in [9.17, 15) is 8.42 Å². The third-order valence-electron chi connectivity index (χ3n) is 1.77. The van der Waals surface area contributed by atoms with Gasteiger partial charge in [-0.1, -0.05) is 12.1 Å². The molecule has 68 valence electrons. The lowest BCUT2D eigenvalue weighted by Gasteiger charge is -2.04. The highest BCUT2D eigenvalue weighted by molar-refractivity contribution is 7.94. The molecule has 0 atom stereocenters. The van der Waals surface area contributed by atoms with E-state index >= 15 is 0 Å². The van der Waals surface area contributed by atoms with E-state index in [1.807, 2.05) is 0 Å². The van der Waals surface area contributed by atoms with Crippen LogP contribution in [0.3, 0.4) is 0 Å². The van der Waals surface area contributed by atoms with Crippen molar-refractivity contribution in [3.63, 3.8) is 0 Å². The van der Waals surface area contributed by atoms with Crippen LogP contribution in [0.15, 0.2) is 40.6 Å². The molecule has 0 bridgehead atoms. The van der Waals surface area contributed by atoms with E-state index in [2.05, 4.69) is 0 Å². The van der Waals surface area contributed by atoms with Crippen molar-refractivity contribution in [2.45, 2.75) is 4.90 Å². The van der Waals surface area contributed by atoms with Crippen molar-refractivity contribution in [1.29, 1.82) is 0 Å². The minimum Gasteiger partial charge on any atom is -0.488 e. The van der Waals surface area contributed by atoms with Gasteiger partial charge in [0, 0.05) is 5.41 Å². The highest BCUT2D eigenvalue weighted by Gasteiger charge is 2.17. The van der Waals surface area contributed by atoms with Crippen molar-refractivity contribution in [3.8, 4) is 5.75 Å². The maximum Gasteiger partial charge on any atom is 0.203 e. The van der Waals surface area contributed by atoms with Gasteiger partial charge in [-0.25, -0.2) is 8.42 Å². The molecule has 1 aliphatic rings. The first-order valence-corrected chi connectivity index (χ1v) is 5.38. The Labute approximate surface area is 76.6 Å². The average Bonchev–Trinajstić information content (AvgIpc) is 2.26. The molecule has 0 aliphatic carbocycles. The number of fused-ring (bicyclic) bond motifs is 1. The van der Waals surface area contributed by atoms with Crippen molar-refractivity contribution in [2.75, 3.05) is 6.61 Å². The quantitative estimate of drug-likeness (QED) is 0.629. The van der Waals surface area contributed by atoms with Gasteiger partial charge in [-0.2, -0.15) is 0 Å². The molecule has 1 aromatic rings. The molecule has 1 heterocycles. The first-order valence-electron chi connectivity index (χ1n) is 3.83. The second-order valence-corrected chi connectivity index (χ2v) is 4.48. The predicted molar refractivity (Wildman–Crippen MR) is 48.3 cm³/mol. The monoisotopic (exact) mass is 196 g/mol. The first-order chi connectivity index (χ1) is 6.20. The molecule has 0 fully saturated rings. The molecule has 0 radical (unpaired) electrons. The van der Waals surface area contributed by atoms with E-state index in [1.54, 1.807) is 24.3 Å². The van der Waals surface area contributed by atoms with Crippen LogP contribution in [0.25, 0.3) is 0 Å². The Bertz CT molecular complexity index is 446. The zero-order chi connectivity index (χ0) is 9.31. The number of rotatable bonds is 0. The molecule has 1 aliphatic heterocycles. The zero-order valence-electron chi connectivity index (χ0n) is 6.80. The Morgan fingerprint density at radius 2 is 2.00 bits per heavy atom.